The second-order valence-corrected chi connectivity index (χ2v) is 6.39. The Morgan fingerprint density at radius 2 is 2.08 bits per heavy atom. The largest absolute Gasteiger partial charge is 0.474 e. The number of rotatable bonds is 4. The van der Waals surface area contributed by atoms with Gasteiger partial charge in [-0.3, -0.25) is 4.79 Å². The molecule has 1 aromatic heterocycles. The molecule has 2 heterocycles. The molecule has 0 radical (unpaired) electrons. The molecule has 1 fully saturated rings. The summed E-state index contributed by atoms with van der Waals surface area (Å²) in [5.41, 5.74) is 1.00. The average molecular weight is 341 g/mol. The van der Waals surface area contributed by atoms with Crippen molar-refractivity contribution in [2.24, 2.45) is 0 Å². The molecule has 5 nitrogen and oxygen atoms in total. The Labute approximate surface area is 147 Å². The number of hydrogen-bond donors (Lipinski definition) is 1. The monoisotopic (exact) mass is 341 g/mol. The van der Waals surface area contributed by atoms with E-state index in [4.69, 9.17) is 4.74 Å². The lowest BCUT2D eigenvalue weighted by Crippen LogP contribution is -2.35. The van der Waals surface area contributed by atoms with Crippen molar-refractivity contribution in [2.45, 2.75) is 18.9 Å². The fourth-order valence-corrected chi connectivity index (χ4v) is 2.89. The van der Waals surface area contributed by atoms with Crippen LogP contribution in [0.25, 0.3) is 0 Å². The van der Waals surface area contributed by atoms with Gasteiger partial charge in [-0.05, 0) is 44.2 Å². The maximum atomic E-state index is 13.2. The molecule has 3 rings (SSSR count). The number of likely N-dealkylation sites (tertiary alicyclic amines) is 1. The molecule has 1 aliphatic rings. The second kappa shape index (κ2) is 7.65. The van der Waals surface area contributed by atoms with E-state index in [2.05, 4.69) is 22.2 Å². The summed E-state index contributed by atoms with van der Waals surface area (Å²) < 4.78 is 19.1. The van der Waals surface area contributed by atoms with E-state index < -0.39 is 0 Å². The first kappa shape index (κ1) is 17.4. The van der Waals surface area contributed by atoms with E-state index in [1.54, 1.807) is 26.0 Å². The number of nitrogens with zero attached hydrogens (tertiary/aromatic N) is 2. The standard InChI is InChI=1S/C18H21BFN3O2/c1-23-9-7-13(8-10-23)25-17-4-2-3-16(21-17)22-18(24)14-6-5-12(20)11-15(14)19/h2-6,11,13H,7-10,19H2,1H3,(H,21,22,24). The van der Waals surface area contributed by atoms with Crippen LogP contribution in [0.4, 0.5) is 10.2 Å². The van der Waals surface area contributed by atoms with Crippen LogP contribution >= 0.6 is 0 Å². The molecule has 25 heavy (non-hydrogen) atoms. The van der Waals surface area contributed by atoms with Crippen LogP contribution in [0, 0.1) is 5.82 Å². The zero-order chi connectivity index (χ0) is 17.8. The van der Waals surface area contributed by atoms with Crippen molar-refractivity contribution in [1.29, 1.82) is 0 Å². The van der Waals surface area contributed by atoms with E-state index >= 15 is 0 Å². The van der Waals surface area contributed by atoms with Gasteiger partial charge in [0.2, 0.25) is 5.88 Å². The van der Waals surface area contributed by atoms with Crippen molar-refractivity contribution in [1.82, 2.24) is 9.88 Å². The molecular weight excluding hydrogens is 320 g/mol. The first-order chi connectivity index (χ1) is 12.0. The van der Waals surface area contributed by atoms with Crippen molar-refractivity contribution >= 4 is 25.0 Å². The Morgan fingerprint density at radius 3 is 2.80 bits per heavy atom. The number of pyridine rings is 1. The van der Waals surface area contributed by atoms with E-state index in [1.165, 1.54) is 18.2 Å². The molecule has 1 aliphatic heterocycles. The molecule has 0 aliphatic carbocycles. The van der Waals surface area contributed by atoms with Gasteiger partial charge in [-0.15, -0.1) is 0 Å². The van der Waals surface area contributed by atoms with E-state index in [-0.39, 0.29) is 17.8 Å². The predicted octanol–water partition coefficient (Wildman–Crippen LogP) is 1.20. The highest BCUT2D eigenvalue weighted by atomic mass is 19.1. The zero-order valence-corrected chi connectivity index (χ0v) is 14.5. The van der Waals surface area contributed by atoms with Crippen molar-refractivity contribution in [3.05, 3.63) is 47.8 Å². The minimum absolute atomic E-state index is 0.147. The second-order valence-electron chi connectivity index (χ2n) is 6.39. The van der Waals surface area contributed by atoms with Crippen LogP contribution in [0.1, 0.15) is 23.2 Å². The van der Waals surface area contributed by atoms with Crippen LogP contribution in [-0.2, 0) is 0 Å². The van der Waals surface area contributed by atoms with Crippen LogP contribution in [0.5, 0.6) is 5.88 Å². The summed E-state index contributed by atoms with van der Waals surface area (Å²) in [5, 5.41) is 2.74. The number of ether oxygens (including phenoxy) is 1. The molecule has 7 heteroatoms. The highest BCUT2D eigenvalue weighted by molar-refractivity contribution is 6.37. The molecular formula is C18H21BFN3O2. The number of anilines is 1. The van der Waals surface area contributed by atoms with Crippen molar-refractivity contribution in [3.8, 4) is 5.88 Å². The summed E-state index contributed by atoms with van der Waals surface area (Å²) in [7, 11) is 3.80. The summed E-state index contributed by atoms with van der Waals surface area (Å²) in [5.74, 6) is 0.240. The first-order valence-electron chi connectivity index (χ1n) is 8.41. The van der Waals surface area contributed by atoms with Crippen molar-refractivity contribution in [2.75, 3.05) is 25.5 Å². The van der Waals surface area contributed by atoms with Gasteiger partial charge in [-0.2, -0.15) is 4.98 Å². The Morgan fingerprint density at radius 1 is 1.32 bits per heavy atom. The van der Waals surface area contributed by atoms with Crippen LogP contribution in [0.15, 0.2) is 36.4 Å². The predicted molar refractivity (Wildman–Crippen MR) is 97.9 cm³/mol. The third kappa shape index (κ3) is 4.57. The number of benzene rings is 1. The highest BCUT2D eigenvalue weighted by Crippen LogP contribution is 2.18. The fraction of sp³-hybridized carbons (Fsp3) is 0.333. The fourth-order valence-electron chi connectivity index (χ4n) is 2.89. The van der Waals surface area contributed by atoms with Crippen LogP contribution < -0.4 is 15.5 Å². The number of aromatic nitrogens is 1. The molecule has 0 bridgehead atoms. The maximum Gasteiger partial charge on any atom is 0.256 e. The third-order valence-corrected chi connectivity index (χ3v) is 4.35. The number of nitrogens with one attached hydrogen (secondary N) is 1. The summed E-state index contributed by atoms with van der Waals surface area (Å²) in [6.45, 7) is 2.01. The number of carbonyl (C=O) groups excluding carboxylic acids is 1. The van der Waals surface area contributed by atoms with Gasteiger partial charge in [0.15, 0.2) is 0 Å². The van der Waals surface area contributed by atoms with Gasteiger partial charge < -0.3 is 15.0 Å². The molecule has 1 amide bonds. The Bertz CT molecular complexity index is 764. The molecule has 0 saturated carbocycles. The lowest BCUT2D eigenvalue weighted by Gasteiger charge is -2.28. The summed E-state index contributed by atoms with van der Waals surface area (Å²) in [4.78, 5) is 19.0. The van der Waals surface area contributed by atoms with Crippen molar-refractivity contribution in [3.63, 3.8) is 0 Å². The van der Waals surface area contributed by atoms with Crippen LogP contribution in [0.2, 0.25) is 0 Å². The molecule has 1 aromatic carbocycles. The van der Waals surface area contributed by atoms with Gasteiger partial charge >= 0.3 is 0 Å². The molecule has 130 valence electrons. The topological polar surface area (TPSA) is 54.5 Å². The average Bonchev–Trinajstić information content (AvgIpc) is 2.57. The summed E-state index contributed by atoms with van der Waals surface area (Å²) in [6.07, 6.45) is 2.07. The number of carbonyl (C=O) groups is 1. The lowest BCUT2D eigenvalue weighted by atomic mass is 9.90. The maximum absolute atomic E-state index is 13.2. The van der Waals surface area contributed by atoms with Gasteiger partial charge in [0.05, 0.1) is 0 Å². The Hall–Kier alpha value is -2.41. The Balaban J connectivity index is 1.66. The van der Waals surface area contributed by atoms with Gasteiger partial charge in [0.25, 0.3) is 5.91 Å². The Kier molecular flexibility index (Phi) is 5.33. The van der Waals surface area contributed by atoms with Crippen molar-refractivity contribution < 1.29 is 13.9 Å². The smallest absolute Gasteiger partial charge is 0.256 e. The minimum Gasteiger partial charge on any atom is -0.474 e. The molecule has 0 atom stereocenters. The number of halogens is 1. The third-order valence-electron chi connectivity index (χ3n) is 4.35. The first-order valence-corrected chi connectivity index (χ1v) is 8.41. The minimum atomic E-state index is -0.360. The van der Waals surface area contributed by atoms with Gasteiger partial charge in [-0.1, -0.05) is 11.5 Å². The van der Waals surface area contributed by atoms with Crippen LogP contribution in [0.3, 0.4) is 0 Å². The SMILES string of the molecule is Bc1cc(F)ccc1C(=O)Nc1cccc(OC2CCN(C)CC2)n1. The molecule has 1 N–H and O–H groups in total. The molecule has 0 spiro atoms. The number of piperidine rings is 1. The van der Waals surface area contributed by atoms with Crippen LogP contribution in [-0.4, -0.2) is 49.9 Å². The van der Waals surface area contributed by atoms with E-state index in [0.29, 0.717) is 22.7 Å². The summed E-state index contributed by atoms with van der Waals surface area (Å²) in [6, 6.07) is 9.37. The molecule has 1 saturated heterocycles. The number of amides is 1. The zero-order valence-electron chi connectivity index (χ0n) is 14.5. The lowest BCUT2D eigenvalue weighted by molar-refractivity contribution is 0.102. The van der Waals surface area contributed by atoms with E-state index in [9.17, 15) is 9.18 Å². The van der Waals surface area contributed by atoms with Gasteiger partial charge in [0.1, 0.15) is 25.6 Å². The molecule has 2 aromatic rings. The van der Waals surface area contributed by atoms with E-state index in [0.717, 1.165) is 25.9 Å². The molecule has 0 unspecified atom stereocenters. The van der Waals surface area contributed by atoms with Gasteiger partial charge in [0, 0.05) is 24.7 Å². The normalized spacial score (nSPS) is 15.8. The number of hydrogen-bond acceptors (Lipinski definition) is 4. The van der Waals surface area contributed by atoms with E-state index in [1.807, 2.05) is 0 Å². The highest BCUT2D eigenvalue weighted by Gasteiger charge is 2.18. The van der Waals surface area contributed by atoms with Gasteiger partial charge in [-0.25, -0.2) is 4.39 Å². The summed E-state index contributed by atoms with van der Waals surface area (Å²) >= 11 is 0. The quantitative estimate of drug-likeness (QED) is 0.850.